The normalized spacial score (nSPS) is 15.6. The summed E-state index contributed by atoms with van der Waals surface area (Å²) in [6.45, 7) is 4.42. The number of sulfonamides is 1. The smallest absolute Gasteiger partial charge is 0.337 e. The van der Waals surface area contributed by atoms with E-state index in [1.165, 1.54) is 47.0 Å². The predicted octanol–water partition coefficient (Wildman–Crippen LogP) is 3.83. The van der Waals surface area contributed by atoms with E-state index in [0.717, 1.165) is 35.9 Å². The number of hydrogen-bond acceptors (Lipinski definition) is 7. The zero-order chi connectivity index (χ0) is 26.4. The van der Waals surface area contributed by atoms with Gasteiger partial charge >= 0.3 is 5.97 Å². The SMILES string of the molecule is CCOCCn1c(=NC(=O)c2ccc(S(=O)(=O)N3CCCCCC3)cc2)sc2cc(C(=O)OC)ccc21. The Hall–Kier alpha value is -2.86. The number of ether oxygens (including phenoxy) is 2. The van der Waals surface area contributed by atoms with Gasteiger partial charge < -0.3 is 14.0 Å². The van der Waals surface area contributed by atoms with Crippen molar-refractivity contribution in [2.75, 3.05) is 33.4 Å². The lowest BCUT2D eigenvalue weighted by Gasteiger charge is -2.19. The number of amides is 1. The van der Waals surface area contributed by atoms with Crippen LogP contribution in [0.25, 0.3) is 10.2 Å². The number of benzene rings is 2. The molecular formula is C26H31N3O6S2. The first kappa shape index (κ1) is 27.2. The van der Waals surface area contributed by atoms with E-state index in [0.29, 0.717) is 48.8 Å². The molecule has 4 rings (SSSR count). The minimum absolute atomic E-state index is 0.176. The molecule has 1 amide bonds. The van der Waals surface area contributed by atoms with Crippen molar-refractivity contribution in [2.24, 2.45) is 4.99 Å². The van der Waals surface area contributed by atoms with Gasteiger partial charge in [0.1, 0.15) is 0 Å². The van der Waals surface area contributed by atoms with E-state index >= 15 is 0 Å². The van der Waals surface area contributed by atoms with Crippen molar-refractivity contribution >= 4 is 43.5 Å². The maximum atomic E-state index is 13.1. The lowest BCUT2D eigenvalue weighted by molar-refractivity contribution is 0.0600. The number of carbonyl (C=O) groups is 2. The molecule has 1 aliphatic heterocycles. The largest absolute Gasteiger partial charge is 0.465 e. The standard InChI is InChI=1S/C26H31N3O6S2/c1-3-35-17-16-29-22-13-10-20(25(31)34-2)18-23(22)36-26(29)27-24(30)19-8-11-21(12-9-19)37(32,33)28-14-6-4-5-7-15-28/h8-13,18H,3-7,14-17H2,1-2H3. The van der Waals surface area contributed by atoms with Crippen LogP contribution in [0.15, 0.2) is 52.4 Å². The van der Waals surface area contributed by atoms with E-state index in [1.807, 2.05) is 11.5 Å². The fourth-order valence-electron chi connectivity index (χ4n) is 4.27. The fraction of sp³-hybridized carbons (Fsp3) is 0.423. The predicted molar refractivity (Wildman–Crippen MR) is 141 cm³/mol. The minimum atomic E-state index is -3.60. The van der Waals surface area contributed by atoms with Gasteiger partial charge in [0, 0.05) is 31.8 Å². The van der Waals surface area contributed by atoms with Gasteiger partial charge in [-0.05, 0) is 62.2 Å². The number of esters is 1. The summed E-state index contributed by atoms with van der Waals surface area (Å²) in [7, 11) is -2.27. The molecule has 11 heteroatoms. The summed E-state index contributed by atoms with van der Waals surface area (Å²) >= 11 is 1.28. The van der Waals surface area contributed by atoms with Crippen molar-refractivity contribution in [1.82, 2.24) is 8.87 Å². The van der Waals surface area contributed by atoms with Crippen molar-refractivity contribution in [3.8, 4) is 0 Å². The third kappa shape index (κ3) is 6.18. The van der Waals surface area contributed by atoms with Crippen LogP contribution in [0.3, 0.4) is 0 Å². The van der Waals surface area contributed by atoms with E-state index in [-0.39, 0.29) is 4.90 Å². The molecule has 198 valence electrons. The van der Waals surface area contributed by atoms with Crippen LogP contribution in [0.2, 0.25) is 0 Å². The third-order valence-electron chi connectivity index (χ3n) is 6.27. The van der Waals surface area contributed by atoms with Crippen LogP contribution < -0.4 is 4.80 Å². The molecule has 9 nitrogen and oxygen atoms in total. The molecule has 0 saturated carbocycles. The highest BCUT2D eigenvalue weighted by Gasteiger charge is 2.25. The highest BCUT2D eigenvalue weighted by molar-refractivity contribution is 7.89. The monoisotopic (exact) mass is 545 g/mol. The molecule has 1 aliphatic rings. The lowest BCUT2D eigenvalue weighted by Crippen LogP contribution is -2.31. The molecule has 1 aromatic heterocycles. The Bertz CT molecular complexity index is 1430. The topological polar surface area (TPSA) is 107 Å². The van der Waals surface area contributed by atoms with Crippen molar-refractivity contribution in [1.29, 1.82) is 0 Å². The molecule has 0 N–H and O–H groups in total. The van der Waals surface area contributed by atoms with Crippen molar-refractivity contribution in [3.05, 3.63) is 58.4 Å². The number of rotatable bonds is 8. The van der Waals surface area contributed by atoms with Crippen LogP contribution in [0.5, 0.6) is 0 Å². The first-order valence-corrected chi connectivity index (χ1v) is 14.6. The maximum Gasteiger partial charge on any atom is 0.337 e. The molecule has 2 heterocycles. The van der Waals surface area contributed by atoms with Gasteiger partial charge in [-0.2, -0.15) is 9.30 Å². The summed E-state index contributed by atoms with van der Waals surface area (Å²) in [5.41, 5.74) is 1.52. The van der Waals surface area contributed by atoms with Gasteiger partial charge in [0.25, 0.3) is 5.91 Å². The van der Waals surface area contributed by atoms with E-state index in [1.54, 1.807) is 18.2 Å². The molecule has 1 fully saturated rings. The van der Waals surface area contributed by atoms with Crippen LogP contribution in [0.1, 0.15) is 53.3 Å². The molecule has 1 saturated heterocycles. The molecule has 0 bridgehead atoms. The zero-order valence-electron chi connectivity index (χ0n) is 21.0. The molecule has 0 aliphatic carbocycles. The summed E-state index contributed by atoms with van der Waals surface area (Å²) in [5, 5.41) is 0. The summed E-state index contributed by atoms with van der Waals surface area (Å²) in [6, 6.07) is 11.1. The molecule has 37 heavy (non-hydrogen) atoms. The van der Waals surface area contributed by atoms with E-state index in [4.69, 9.17) is 9.47 Å². The van der Waals surface area contributed by atoms with Crippen LogP contribution in [-0.4, -0.2) is 62.6 Å². The van der Waals surface area contributed by atoms with Gasteiger partial charge in [0.15, 0.2) is 4.80 Å². The van der Waals surface area contributed by atoms with E-state index in [9.17, 15) is 18.0 Å². The van der Waals surface area contributed by atoms with Gasteiger partial charge in [-0.25, -0.2) is 13.2 Å². The Morgan fingerprint density at radius 2 is 1.68 bits per heavy atom. The number of methoxy groups -OCH3 is 1. The Balaban J connectivity index is 1.65. The average molecular weight is 546 g/mol. The van der Waals surface area contributed by atoms with Crippen LogP contribution in [0.4, 0.5) is 0 Å². The number of hydrogen-bond donors (Lipinski definition) is 0. The number of thiazole rings is 1. The van der Waals surface area contributed by atoms with Crippen molar-refractivity contribution in [3.63, 3.8) is 0 Å². The Morgan fingerprint density at radius 1 is 1.00 bits per heavy atom. The zero-order valence-corrected chi connectivity index (χ0v) is 22.6. The first-order valence-electron chi connectivity index (χ1n) is 12.3. The molecule has 3 aromatic rings. The summed E-state index contributed by atoms with van der Waals surface area (Å²) in [4.78, 5) is 30.0. The molecule has 0 atom stereocenters. The first-order chi connectivity index (χ1) is 17.8. The van der Waals surface area contributed by atoms with Gasteiger partial charge in [-0.15, -0.1) is 0 Å². The van der Waals surface area contributed by atoms with E-state index < -0.39 is 21.9 Å². The Morgan fingerprint density at radius 3 is 2.32 bits per heavy atom. The van der Waals surface area contributed by atoms with Crippen molar-refractivity contribution < 1.29 is 27.5 Å². The number of fused-ring (bicyclic) bond motifs is 1. The Kier molecular flexibility index (Phi) is 8.91. The van der Waals surface area contributed by atoms with E-state index in [2.05, 4.69) is 4.99 Å². The maximum absolute atomic E-state index is 13.1. The second-order valence-electron chi connectivity index (χ2n) is 8.67. The quantitative estimate of drug-likeness (QED) is 0.315. The summed E-state index contributed by atoms with van der Waals surface area (Å²) in [6.07, 6.45) is 3.78. The number of nitrogens with zero attached hydrogens (tertiary/aromatic N) is 3. The molecule has 0 radical (unpaired) electrons. The molecule has 2 aromatic carbocycles. The van der Waals surface area contributed by atoms with Gasteiger partial charge in [-0.1, -0.05) is 24.2 Å². The van der Waals surface area contributed by atoms with Crippen molar-refractivity contribution in [2.45, 2.75) is 44.0 Å². The molecular weight excluding hydrogens is 514 g/mol. The number of aromatic nitrogens is 1. The Labute approximate surface area is 220 Å². The second-order valence-corrected chi connectivity index (χ2v) is 11.6. The van der Waals surface area contributed by atoms with Gasteiger partial charge in [0.2, 0.25) is 10.0 Å². The molecule has 0 spiro atoms. The fourth-order valence-corrected chi connectivity index (χ4v) is 6.88. The third-order valence-corrected chi connectivity index (χ3v) is 9.22. The summed E-state index contributed by atoms with van der Waals surface area (Å²) in [5.74, 6) is -0.926. The average Bonchev–Trinajstić information content (AvgIpc) is 3.06. The van der Waals surface area contributed by atoms with Gasteiger partial charge in [-0.3, -0.25) is 4.79 Å². The van der Waals surface area contributed by atoms with Crippen LogP contribution in [-0.2, 0) is 26.0 Å². The van der Waals surface area contributed by atoms with Crippen LogP contribution >= 0.6 is 11.3 Å². The van der Waals surface area contributed by atoms with Gasteiger partial charge in [0.05, 0.1) is 34.4 Å². The minimum Gasteiger partial charge on any atom is -0.465 e. The highest BCUT2D eigenvalue weighted by atomic mass is 32.2. The lowest BCUT2D eigenvalue weighted by atomic mass is 10.2. The van der Waals surface area contributed by atoms with Crippen LogP contribution in [0, 0.1) is 0 Å². The summed E-state index contributed by atoms with van der Waals surface area (Å²) < 4.78 is 40.6. The number of carbonyl (C=O) groups excluding carboxylic acids is 2. The highest BCUT2D eigenvalue weighted by Crippen LogP contribution is 2.22. The second kappa shape index (κ2) is 12.1. The molecule has 0 unspecified atom stereocenters.